The van der Waals surface area contributed by atoms with E-state index in [4.69, 9.17) is 0 Å². The average Bonchev–Trinajstić information content (AvgIpc) is 3.00. The van der Waals surface area contributed by atoms with Crippen molar-refractivity contribution in [1.29, 1.82) is 0 Å². The topological polar surface area (TPSA) is 23.6 Å². The van der Waals surface area contributed by atoms with Crippen LogP contribution in [0.4, 0.5) is 0 Å². The first-order valence-corrected chi connectivity index (χ1v) is 8.81. The van der Waals surface area contributed by atoms with Crippen molar-refractivity contribution in [3.63, 3.8) is 0 Å². The van der Waals surface area contributed by atoms with Crippen molar-refractivity contribution in [2.45, 2.75) is 64.6 Å². The number of amides is 1. The summed E-state index contributed by atoms with van der Waals surface area (Å²) in [6.45, 7) is 7.19. The largest absolute Gasteiger partial charge is 0.337 e. The van der Waals surface area contributed by atoms with E-state index in [1.165, 1.54) is 43.2 Å². The van der Waals surface area contributed by atoms with Crippen molar-refractivity contribution in [2.24, 2.45) is 0 Å². The minimum absolute atomic E-state index is 0.0223. The molecule has 3 nitrogen and oxygen atoms in total. The second-order valence-electron chi connectivity index (χ2n) is 6.85. The zero-order chi connectivity index (χ0) is 15.5. The van der Waals surface area contributed by atoms with Crippen molar-refractivity contribution < 1.29 is 4.79 Å². The number of unbranched alkanes of at least 4 members (excludes halogenated alkanes) is 1. The van der Waals surface area contributed by atoms with E-state index in [2.05, 4.69) is 47.9 Å². The first kappa shape index (κ1) is 15.5. The van der Waals surface area contributed by atoms with Gasteiger partial charge >= 0.3 is 0 Å². The normalized spacial score (nSPS) is 25.5. The van der Waals surface area contributed by atoms with Crippen LogP contribution >= 0.6 is 0 Å². The van der Waals surface area contributed by atoms with Gasteiger partial charge in [0.1, 0.15) is 0 Å². The molecular weight excluding hydrogens is 272 g/mol. The number of benzene rings is 1. The van der Waals surface area contributed by atoms with Gasteiger partial charge in [0.2, 0.25) is 5.91 Å². The SMILES string of the molecule is CCCCc1ccc(CN2C[C@H]3CCCN3C(=O)[C@H]2C)cc1. The summed E-state index contributed by atoms with van der Waals surface area (Å²) < 4.78 is 0. The fourth-order valence-electron chi connectivity index (χ4n) is 3.77. The Kier molecular flexibility index (Phi) is 4.82. The fraction of sp³-hybridized carbons (Fsp3) is 0.632. The summed E-state index contributed by atoms with van der Waals surface area (Å²) in [4.78, 5) is 16.9. The Morgan fingerprint density at radius 3 is 2.64 bits per heavy atom. The summed E-state index contributed by atoms with van der Waals surface area (Å²) in [5.41, 5.74) is 2.75. The number of hydrogen-bond acceptors (Lipinski definition) is 2. The lowest BCUT2D eigenvalue weighted by atomic mass is 10.0. The highest BCUT2D eigenvalue weighted by molar-refractivity contribution is 5.83. The van der Waals surface area contributed by atoms with Gasteiger partial charge in [-0.25, -0.2) is 0 Å². The number of nitrogens with zero attached hydrogens (tertiary/aromatic N) is 2. The predicted molar refractivity (Wildman–Crippen MR) is 89.7 cm³/mol. The number of fused-ring (bicyclic) bond motifs is 1. The molecule has 22 heavy (non-hydrogen) atoms. The molecule has 1 aromatic carbocycles. The van der Waals surface area contributed by atoms with Gasteiger partial charge in [-0.2, -0.15) is 0 Å². The standard InChI is InChI=1S/C19H28N2O/c1-3-4-6-16-8-10-17(11-9-16)13-20-14-18-7-5-12-21(18)19(22)15(20)2/h8-11,15,18H,3-7,12-14H2,1-2H3/t15-,18-/m1/s1. The molecule has 2 saturated heterocycles. The zero-order valence-corrected chi connectivity index (χ0v) is 13.9. The Morgan fingerprint density at radius 1 is 1.18 bits per heavy atom. The summed E-state index contributed by atoms with van der Waals surface area (Å²) in [7, 11) is 0. The lowest BCUT2D eigenvalue weighted by Gasteiger charge is -2.41. The third-order valence-corrected chi connectivity index (χ3v) is 5.24. The Morgan fingerprint density at radius 2 is 1.91 bits per heavy atom. The molecule has 0 spiro atoms. The first-order valence-electron chi connectivity index (χ1n) is 8.81. The average molecular weight is 300 g/mol. The number of aryl methyl sites for hydroxylation is 1. The maximum Gasteiger partial charge on any atom is 0.239 e. The molecule has 2 aliphatic heterocycles. The molecule has 2 fully saturated rings. The molecule has 3 rings (SSSR count). The predicted octanol–water partition coefficient (Wildman–Crippen LogP) is 3.22. The summed E-state index contributed by atoms with van der Waals surface area (Å²) >= 11 is 0. The van der Waals surface area contributed by atoms with Crippen LogP contribution in [0.1, 0.15) is 50.7 Å². The van der Waals surface area contributed by atoms with Crippen LogP contribution in [-0.4, -0.2) is 40.9 Å². The molecule has 1 aromatic rings. The lowest BCUT2D eigenvalue weighted by molar-refractivity contribution is -0.143. The van der Waals surface area contributed by atoms with Crippen LogP contribution in [-0.2, 0) is 17.8 Å². The van der Waals surface area contributed by atoms with Gasteiger partial charge in [-0.05, 0) is 43.7 Å². The molecule has 2 heterocycles. The van der Waals surface area contributed by atoms with E-state index in [-0.39, 0.29) is 6.04 Å². The summed E-state index contributed by atoms with van der Waals surface area (Å²) in [5.74, 6) is 0.327. The number of rotatable bonds is 5. The quantitative estimate of drug-likeness (QED) is 0.833. The molecule has 2 atom stereocenters. The Hall–Kier alpha value is -1.35. The van der Waals surface area contributed by atoms with Gasteiger partial charge in [0.15, 0.2) is 0 Å². The molecular formula is C19H28N2O. The van der Waals surface area contributed by atoms with Gasteiger partial charge in [0.25, 0.3) is 0 Å². The van der Waals surface area contributed by atoms with Gasteiger partial charge in [-0.3, -0.25) is 9.69 Å². The number of hydrogen-bond donors (Lipinski definition) is 0. The molecule has 1 amide bonds. The maximum atomic E-state index is 12.5. The van der Waals surface area contributed by atoms with Crippen molar-refractivity contribution in [3.05, 3.63) is 35.4 Å². The smallest absolute Gasteiger partial charge is 0.239 e. The molecule has 0 aromatic heterocycles. The maximum absolute atomic E-state index is 12.5. The van der Waals surface area contributed by atoms with Crippen LogP contribution in [0.3, 0.4) is 0 Å². The van der Waals surface area contributed by atoms with Crippen LogP contribution in [0.2, 0.25) is 0 Å². The zero-order valence-electron chi connectivity index (χ0n) is 13.9. The molecule has 120 valence electrons. The summed E-state index contributed by atoms with van der Waals surface area (Å²) in [6.07, 6.45) is 6.02. The molecule has 0 bridgehead atoms. The van der Waals surface area contributed by atoms with E-state index in [1.807, 2.05) is 0 Å². The van der Waals surface area contributed by atoms with E-state index in [0.29, 0.717) is 11.9 Å². The van der Waals surface area contributed by atoms with Gasteiger partial charge in [0.05, 0.1) is 6.04 Å². The molecule has 0 aliphatic carbocycles. The van der Waals surface area contributed by atoms with Crippen LogP contribution in [0, 0.1) is 0 Å². The summed E-state index contributed by atoms with van der Waals surface area (Å²) in [6, 6.07) is 9.46. The van der Waals surface area contributed by atoms with Crippen molar-refractivity contribution in [1.82, 2.24) is 9.80 Å². The molecule has 0 unspecified atom stereocenters. The Bertz CT molecular complexity index is 511. The Labute approximate surface area is 134 Å². The van der Waals surface area contributed by atoms with E-state index in [0.717, 1.165) is 19.6 Å². The van der Waals surface area contributed by atoms with Crippen molar-refractivity contribution >= 4 is 5.91 Å². The highest BCUT2D eigenvalue weighted by Crippen LogP contribution is 2.26. The van der Waals surface area contributed by atoms with Crippen molar-refractivity contribution in [3.8, 4) is 0 Å². The molecule has 0 saturated carbocycles. The van der Waals surface area contributed by atoms with Crippen LogP contribution in [0.5, 0.6) is 0 Å². The minimum atomic E-state index is 0.0223. The molecule has 0 radical (unpaired) electrons. The molecule has 3 heteroatoms. The Balaban J connectivity index is 1.63. The van der Waals surface area contributed by atoms with E-state index >= 15 is 0 Å². The lowest BCUT2D eigenvalue weighted by Crippen LogP contribution is -2.58. The van der Waals surface area contributed by atoms with Gasteiger partial charge in [-0.1, -0.05) is 37.6 Å². The van der Waals surface area contributed by atoms with E-state index in [1.54, 1.807) is 0 Å². The highest BCUT2D eigenvalue weighted by Gasteiger charge is 2.39. The molecule has 2 aliphatic rings. The van der Waals surface area contributed by atoms with Crippen LogP contribution < -0.4 is 0 Å². The molecule has 0 N–H and O–H groups in total. The number of carbonyl (C=O) groups excluding carboxylic acids is 1. The third kappa shape index (κ3) is 3.19. The van der Waals surface area contributed by atoms with Gasteiger partial charge in [0, 0.05) is 25.7 Å². The van der Waals surface area contributed by atoms with Crippen LogP contribution in [0.25, 0.3) is 0 Å². The van der Waals surface area contributed by atoms with E-state index in [9.17, 15) is 4.79 Å². The third-order valence-electron chi connectivity index (χ3n) is 5.24. The second-order valence-corrected chi connectivity index (χ2v) is 6.85. The summed E-state index contributed by atoms with van der Waals surface area (Å²) in [5, 5.41) is 0. The first-order chi connectivity index (χ1) is 10.7. The van der Waals surface area contributed by atoms with Crippen LogP contribution in [0.15, 0.2) is 24.3 Å². The second kappa shape index (κ2) is 6.82. The number of piperazine rings is 1. The van der Waals surface area contributed by atoms with Gasteiger partial charge in [-0.15, -0.1) is 0 Å². The minimum Gasteiger partial charge on any atom is -0.337 e. The highest BCUT2D eigenvalue weighted by atomic mass is 16.2. The van der Waals surface area contributed by atoms with Gasteiger partial charge < -0.3 is 4.90 Å². The number of carbonyl (C=O) groups is 1. The van der Waals surface area contributed by atoms with Crippen molar-refractivity contribution in [2.75, 3.05) is 13.1 Å². The fourth-order valence-corrected chi connectivity index (χ4v) is 3.77. The monoisotopic (exact) mass is 300 g/mol. The van der Waals surface area contributed by atoms with E-state index < -0.39 is 0 Å².